The molecule has 0 saturated heterocycles. The third-order valence-corrected chi connectivity index (χ3v) is 9.33. The number of amides is 2. The minimum Gasteiger partial charge on any atom is -0.497 e. The highest BCUT2D eigenvalue weighted by Crippen LogP contribution is 2.50. The van der Waals surface area contributed by atoms with Crippen LogP contribution < -0.4 is 35.0 Å². The first kappa shape index (κ1) is 32.7. The third-order valence-electron chi connectivity index (χ3n) is 9.33. The number of hydrogen-bond donors (Lipinski definition) is 3. The number of fused-ring (bicyclic) bond motifs is 6. The number of nitrogens with one attached hydrogen (secondary N) is 3. The molecule has 2 amide bonds. The first-order valence-corrected chi connectivity index (χ1v) is 16.2. The molecule has 1 unspecified atom stereocenters. The van der Waals surface area contributed by atoms with E-state index in [2.05, 4.69) is 15.6 Å². The van der Waals surface area contributed by atoms with E-state index in [0.717, 1.165) is 45.3 Å². The van der Waals surface area contributed by atoms with E-state index >= 15 is 0 Å². The molecular weight excluding hydrogens is 612 g/mol. The molecular formula is C37H42N4O7. The summed E-state index contributed by atoms with van der Waals surface area (Å²) in [5.74, 6) is 2.18. The molecule has 0 spiro atoms. The lowest BCUT2D eigenvalue weighted by Gasteiger charge is -2.27. The summed E-state index contributed by atoms with van der Waals surface area (Å²) in [7, 11) is 6.36. The highest BCUT2D eigenvalue weighted by atomic mass is 16.5. The van der Waals surface area contributed by atoms with Crippen LogP contribution in [-0.2, 0) is 29.0 Å². The first-order valence-electron chi connectivity index (χ1n) is 16.2. The fourth-order valence-electron chi connectivity index (χ4n) is 7.01. The molecule has 252 valence electrons. The highest BCUT2D eigenvalue weighted by Gasteiger charge is 2.30. The Labute approximate surface area is 279 Å². The Morgan fingerprint density at radius 3 is 2.50 bits per heavy atom. The van der Waals surface area contributed by atoms with Crippen molar-refractivity contribution in [2.45, 2.75) is 51.6 Å². The fraction of sp³-hybridized carbons (Fsp3) is 0.378. The van der Waals surface area contributed by atoms with Crippen molar-refractivity contribution in [3.63, 3.8) is 0 Å². The summed E-state index contributed by atoms with van der Waals surface area (Å²) in [5, 5.41) is 7.38. The Morgan fingerprint density at radius 1 is 0.958 bits per heavy atom. The van der Waals surface area contributed by atoms with Crippen LogP contribution in [0.4, 0.5) is 5.69 Å². The van der Waals surface area contributed by atoms with Gasteiger partial charge in [0.1, 0.15) is 5.75 Å². The minimum absolute atomic E-state index is 0.0820. The Hall–Kier alpha value is -5.19. The van der Waals surface area contributed by atoms with Gasteiger partial charge in [0.25, 0.3) is 0 Å². The van der Waals surface area contributed by atoms with E-state index in [-0.39, 0.29) is 23.3 Å². The summed E-state index contributed by atoms with van der Waals surface area (Å²) in [6.45, 7) is 3.13. The van der Waals surface area contributed by atoms with Crippen molar-refractivity contribution in [2.24, 2.45) is 0 Å². The van der Waals surface area contributed by atoms with Gasteiger partial charge in [-0.25, -0.2) is 0 Å². The van der Waals surface area contributed by atoms with Crippen LogP contribution in [0.3, 0.4) is 0 Å². The summed E-state index contributed by atoms with van der Waals surface area (Å²) >= 11 is 0. The lowest BCUT2D eigenvalue weighted by molar-refractivity contribution is -0.132. The standard InChI is InChI=1S/C37H42N4O7/c1-21(42)39-28-11-8-22-17-33(46-3)36(47-4)37(48-5)35(22)24-10-13-31(32(43)19-26(24)28)38-15-6-7-34(44)41-16-14-30-27(20-41)25-18-23(45-2)9-12-29(25)40-30/h9-10,12-13,17-19,28,40H,6-8,11,14-16,20H2,1-5H3,(H,38,43)(H,39,42). The van der Waals surface area contributed by atoms with Crippen molar-refractivity contribution >= 4 is 28.4 Å². The number of benzene rings is 2. The Bertz CT molecular complexity index is 1940. The number of aromatic amines is 1. The van der Waals surface area contributed by atoms with Crippen LogP contribution in [0, 0.1) is 0 Å². The second-order valence-corrected chi connectivity index (χ2v) is 12.2. The summed E-state index contributed by atoms with van der Waals surface area (Å²) in [6, 6.07) is 12.7. The highest BCUT2D eigenvalue weighted by molar-refractivity contribution is 5.87. The second kappa shape index (κ2) is 13.9. The summed E-state index contributed by atoms with van der Waals surface area (Å²) in [4.78, 5) is 44.5. The lowest BCUT2D eigenvalue weighted by Crippen LogP contribution is -2.35. The fourth-order valence-corrected chi connectivity index (χ4v) is 7.01. The Balaban J connectivity index is 1.21. The normalized spacial score (nSPS) is 15.0. The van der Waals surface area contributed by atoms with Crippen LogP contribution in [0.15, 0.2) is 47.3 Å². The monoisotopic (exact) mass is 654 g/mol. The molecule has 0 fully saturated rings. The third kappa shape index (κ3) is 6.24. The van der Waals surface area contributed by atoms with Gasteiger partial charge in [-0.1, -0.05) is 6.07 Å². The van der Waals surface area contributed by atoms with Crippen LogP contribution in [-0.4, -0.2) is 63.2 Å². The zero-order chi connectivity index (χ0) is 33.9. The van der Waals surface area contributed by atoms with Crippen molar-refractivity contribution in [1.29, 1.82) is 0 Å². The maximum atomic E-state index is 13.6. The zero-order valence-electron chi connectivity index (χ0n) is 28.1. The summed E-state index contributed by atoms with van der Waals surface area (Å²) < 4.78 is 22.6. The molecule has 11 heteroatoms. The topological polar surface area (TPSA) is 131 Å². The van der Waals surface area contributed by atoms with Gasteiger partial charge in [-0.15, -0.1) is 0 Å². The zero-order valence-corrected chi connectivity index (χ0v) is 28.1. The summed E-state index contributed by atoms with van der Waals surface area (Å²) in [5.41, 5.74) is 6.77. The van der Waals surface area contributed by atoms with Gasteiger partial charge in [0, 0.05) is 67.1 Å². The van der Waals surface area contributed by atoms with Crippen molar-refractivity contribution < 1.29 is 28.5 Å². The second-order valence-electron chi connectivity index (χ2n) is 12.2. The Kier molecular flexibility index (Phi) is 9.47. The molecule has 2 heterocycles. The van der Waals surface area contributed by atoms with Crippen LogP contribution in [0.2, 0.25) is 0 Å². The van der Waals surface area contributed by atoms with E-state index in [1.54, 1.807) is 40.6 Å². The molecule has 1 atom stereocenters. The number of methoxy groups -OCH3 is 4. The molecule has 1 aromatic heterocycles. The predicted octanol–water partition coefficient (Wildman–Crippen LogP) is 5.13. The van der Waals surface area contributed by atoms with Gasteiger partial charge in [0.05, 0.1) is 40.2 Å². The first-order chi connectivity index (χ1) is 23.3. The predicted molar refractivity (Wildman–Crippen MR) is 184 cm³/mol. The van der Waals surface area contributed by atoms with Gasteiger partial charge in [-0.3, -0.25) is 14.4 Å². The van der Waals surface area contributed by atoms with Gasteiger partial charge >= 0.3 is 0 Å². The quantitative estimate of drug-likeness (QED) is 0.201. The van der Waals surface area contributed by atoms with E-state index in [9.17, 15) is 14.4 Å². The molecule has 0 radical (unpaired) electrons. The molecule has 1 aliphatic heterocycles. The van der Waals surface area contributed by atoms with Gasteiger partial charge in [-0.05, 0) is 72.4 Å². The maximum Gasteiger partial charge on any atom is 0.222 e. The number of carbonyl (C=O) groups excluding carboxylic acids is 2. The van der Waals surface area contributed by atoms with Crippen molar-refractivity contribution in [2.75, 3.05) is 46.8 Å². The van der Waals surface area contributed by atoms with Crippen molar-refractivity contribution in [1.82, 2.24) is 15.2 Å². The molecule has 0 saturated carbocycles. The van der Waals surface area contributed by atoms with E-state index in [1.165, 1.54) is 12.6 Å². The largest absolute Gasteiger partial charge is 0.497 e. The molecule has 4 aromatic rings. The molecule has 48 heavy (non-hydrogen) atoms. The number of carbonyl (C=O) groups is 2. The van der Waals surface area contributed by atoms with E-state index < -0.39 is 0 Å². The number of rotatable bonds is 10. The number of hydrogen-bond acceptors (Lipinski definition) is 8. The van der Waals surface area contributed by atoms with Crippen molar-refractivity contribution in [3.05, 3.63) is 75.1 Å². The lowest BCUT2D eigenvalue weighted by atomic mass is 9.95. The number of nitrogens with zero attached hydrogens (tertiary/aromatic N) is 1. The van der Waals surface area contributed by atoms with E-state index in [0.29, 0.717) is 73.8 Å². The van der Waals surface area contributed by atoms with E-state index in [4.69, 9.17) is 18.9 Å². The van der Waals surface area contributed by atoms with Crippen LogP contribution in [0.1, 0.15) is 54.6 Å². The number of ether oxygens (including phenoxy) is 4. The van der Waals surface area contributed by atoms with Gasteiger partial charge in [0.2, 0.25) is 23.0 Å². The SMILES string of the molecule is COc1ccc2[nH]c3c(c2c1)CN(C(=O)CCCNc1ccc2c(cc1=O)C(NC(C)=O)CCc1cc(OC)c(OC)c(OC)c1-2)CC3. The molecule has 11 nitrogen and oxygen atoms in total. The molecule has 6 rings (SSSR count). The van der Waals surface area contributed by atoms with Gasteiger partial charge in [0.15, 0.2) is 11.5 Å². The van der Waals surface area contributed by atoms with Crippen LogP contribution >= 0.6 is 0 Å². The summed E-state index contributed by atoms with van der Waals surface area (Å²) in [6.07, 6.45) is 2.89. The van der Waals surface area contributed by atoms with Crippen LogP contribution in [0.25, 0.3) is 22.0 Å². The molecule has 1 aliphatic carbocycles. The smallest absolute Gasteiger partial charge is 0.222 e. The maximum absolute atomic E-state index is 13.6. The average Bonchev–Trinajstić information content (AvgIpc) is 3.29. The number of aromatic nitrogens is 1. The number of aryl methyl sites for hydroxylation is 1. The number of anilines is 1. The molecule has 3 N–H and O–H groups in total. The Morgan fingerprint density at radius 2 is 1.77 bits per heavy atom. The van der Waals surface area contributed by atoms with Gasteiger partial charge < -0.3 is 39.5 Å². The van der Waals surface area contributed by atoms with Gasteiger partial charge in [-0.2, -0.15) is 0 Å². The van der Waals surface area contributed by atoms with E-state index in [1.807, 2.05) is 35.2 Å². The average molecular weight is 655 g/mol. The van der Waals surface area contributed by atoms with Crippen LogP contribution in [0.5, 0.6) is 23.0 Å². The number of H-pyrrole nitrogens is 1. The minimum atomic E-state index is -0.388. The molecule has 3 aromatic carbocycles. The molecule has 0 bridgehead atoms. The van der Waals surface area contributed by atoms with Crippen molar-refractivity contribution in [3.8, 4) is 34.1 Å². The molecule has 2 aliphatic rings.